The molecular formula is C10H11Cl3N2O2. The van der Waals surface area contributed by atoms with Gasteiger partial charge in [0.2, 0.25) is 5.91 Å². The van der Waals surface area contributed by atoms with Crippen LogP contribution in [0.4, 0.5) is 5.69 Å². The third kappa shape index (κ3) is 3.64. The molecule has 0 aliphatic carbocycles. The van der Waals surface area contributed by atoms with Crippen LogP contribution in [0.15, 0.2) is 6.07 Å². The van der Waals surface area contributed by atoms with Crippen molar-refractivity contribution in [2.45, 2.75) is 19.4 Å². The van der Waals surface area contributed by atoms with Gasteiger partial charge in [0.15, 0.2) is 5.75 Å². The molecule has 94 valence electrons. The van der Waals surface area contributed by atoms with Gasteiger partial charge in [-0.05, 0) is 13.0 Å². The number of carbonyl (C=O) groups excluding carboxylic acids is 1. The van der Waals surface area contributed by atoms with Gasteiger partial charge in [-0.1, -0.05) is 34.8 Å². The number of hydrogen-bond donors (Lipinski definition) is 3. The van der Waals surface area contributed by atoms with Gasteiger partial charge in [0.1, 0.15) is 5.69 Å². The van der Waals surface area contributed by atoms with Crippen LogP contribution in [0.3, 0.4) is 0 Å². The summed E-state index contributed by atoms with van der Waals surface area (Å²) in [7, 11) is 0. The summed E-state index contributed by atoms with van der Waals surface area (Å²) in [5.74, 6) is -0.699. The highest BCUT2D eigenvalue weighted by Crippen LogP contribution is 2.42. The van der Waals surface area contributed by atoms with Gasteiger partial charge < -0.3 is 16.2 Å². The van der Waals surface area contributed by atoms with E-state index in [4.69, 9.17) is 40.5 Å². The SMILES string of the molecule is CC(N)CC(=O)Nc1c(O)c(Cl)cc(Cl)c1Cl. The number of aromatic hydroxyl groups is 1. The second kappa shape index (κ2) is 5.78. The van der Waals surface area contributed by atoms with Crippen LogP contribution in [0, 0.1) is 0 Å². The normalized spacial score (nSPS) is 12.3. The molecule has 0 saturated carbocycles. The number of amides is 1. The second-order valence-corrected chi connectivity index (χ2v) is 4.80. The molecule has 4 N–H and O–H groups in total. The zero-order chi connectivity index (χ0) is 13.2. The van der Waals surface area contributed by atoms with Crippen molar-refractivity contribution >= 4 is 46.4 Å². The largest absolute Gasteiger partial charge is 0.504 e. The Bertz CT molecular complexity index is 423. The van der Waals surface area contributed by atoms with Crippen LogP contribution in [-0.4, -0.2) is 17.1 Å². The fraction of sp³-hybridized carbons (Fsp3) is 0.300. The predicted octanol–water partition coefficient (Wildman–Crippen LogP) is 3.03. The number of benzene rings is 1. The Morgan fingerprint density at radius 2 is 2.06 bits per heavy atom. The molecule has 1 aromatic rings. The standard InChI is InChI=1S/C10H11Cl3N2O2/c1-4(14)2-7(16)15-9-8(13)5(11)3-6(12)10(9)17/h3-4,17H,2,14H2,1H3,(H,15,16). The lowest BCUT2D eigenvalue weighted by atomic mass is 10.2. The number of nitrogens with one attached hydrogen (secondary N) is 1. The maximum absolute atomic E-state index is 11.5. The van der Waals surface area contributed by atoms with E-state index in [1.807, 2.05) is 0 Å². The molecule has 17 heavy (non-hydrogen) atoms. The van der Waals surface area contributed by atoms with Crippen LogP contribution < -0.4 is 11.1 Å². The first-order chi connectivity index (χ1) is 7.82. The summed E-state index contributed by atoms with van der Waals surface area (Å²) in [6, 6.07) is 0.993. The van der Waals surface area contributed by atoms with Gasteiger partial charge in [-0.25, -0.2) is 0 Å². The third-order valence-corrected chi connectivity index (χ3v) is 2.99. The molecule has 0 saturated heterocycles. The second-order valence-electron chi connectivity index (χ2n) is 3.61. The van der Waals surface area contributed by atoms with Gasteiger partial charge in [-0.15, -0.1) is 0 Å². The van der Waals surface area contributed by atoms with Crippen LogP contribution in [0.2, 0.25) is 15.1 Å². The molecule has 1 amide bonds. The average molecular weight is 298 g/mol. The van der Waals surface area contributed by atoms with Gasteiger partial charge >= 0.3 is 0 Å². The van der Waals surface area contributed by atoms with Crippen molar-refractivity contribution in [3.05, 3.63) is 21.1 Å². The van der Waals surface area contributed by atoms with Crippen LogP contribution in [-0.2, 0) is 4.79 Å². The Hall–Kier alpha value is -0.680. The van der Waals surface area contributed by atoms with E-state index < -0.39 is 0 Å². The van der Waals surface area contributed by atoms with Crippen LogP contribution in [0.5, 0.6) is 5.75 Å². The first-order valence-corrected chi connectivity index (χ1v) is 5.88. The molecule has 0 aromatic heterocycles. The number of anilines is 1. The number of nitrogens with two attached hydrogens (primary N) is 1. The summed E-state index contributed by atoms with van der Waals surface area (Å²) in [4.78, 5) is 11.5. The first-order valence-electron chi connectivity index (χ1n) is 4.74. The zero-order valence-corrected chi connectivity index (χ0v) is 11.2. The highest BCUT2D eigenvalue weighted by atomic mass is 35.5. The molecule has 1 atom stereocenters. The molecule has 0 bridgehead atoms. The minimum Gasteiger partial charge on any atom is -0.504 e. The Labute approximate surface area is 114 Å². The molecule has 0 heterocycles. The molecule has 0 spiro atoms. The number of rotatable bonds is 3. The molecule has 1 aromatic carbocycles. The van der Waals surface area contributed by atoms with Gasteiger partial charge in [-0.3, -0.25) is 4.79 Å². The lowest BCUT2D eigenvalue weighted by molar-refractivity contribution is -0.116. The molecule has 4 nitrogen and oxygen atoms in total. The quantitative estimate of drug-likeness (QED) is 0.593. The lowest BCUT2D eigenvalue weighted by Crippen LogP contribution is -2.24. The van der Waals surface area contributed by atoms with Crippen molar-refractivity contribution in [1.82, 2.24) is 0 Å². The van der Waals surface area contributed by atoms with Gasteiger partial charge in [0.05, 0.1) is 15.1 Å². The van der Waals surface area contributed by atoms with E-state index in [-0.39, 0.29) is 44.9 Å². The fourth-order valence-electron chi connectivity index (χ4n) is 1.18. The number of phenolic OH excluding ortho intramolecular Hbond substituents is 1. The number of carbonyl (C=O) groups is 1. The molecule has 1 rings (SSSR count). The van der Waals surface area contributed by atoms with Crippen LogP contribution in [0.25, 0.3) is 0 Å². The van der Waals surface area contributed by atoms with Crippen molar-refractivity contribution in [1.29, 1.82) is 0 Å². The first kappa shape index (κ1) is 14.4. The molecule has 0 aliphatic heterocycles. The van der Waals surface area contributed by atoms with Crippen molar-refractivity contribution in [3.8, 4) is 5.75 Å². The van der Waals surface area contributed by atoms with E-state index in [2.05, 4.69) is 5.32 Å². The molecule has 0 aliphatic rings. The third-order valence-electron chi connectivity index (χ3n) is 1.92. The van der Waals surface area contributed by atoms with Crippen LogP contribution in [0.1, 0.15) is 13.3 Å². The molecular weight excluding hydrogens is 286 g/mol. The monoisotopic (exact) mass is 296 g/mol. The lowest BCUT2D eigenvalue weighted by Gasteiger charge is -2.12. The van der Waals surface area contributed by atoms with Crippen molar-refractivity contribution in [3.63, 3.8) is 0 Å². The summed E-state index contributed by atoms with van der Waals surface area (Å²) in [6.07, 6.45) is 0.0971. The van der Waals surface area contributed by atoms with Crippen molar-refractivity contribution in [2.24, 2.45) is 5.73 Å². The van der Waals surface area contributed by atoms with E-state index in [0.29, 0.717) is 0 Å². The summed E-state index contributed by atoms with van der Waals surface area (Å²) in [5, 5.41) is 12.3. The number of hydrogen-bond acceptors (Lipinski definition) is 3. The number of phenols is 1. The minimum atomic E-state index is -0.379. The van der Waals surface area contributed by atoms with E-state index in [1.165, 1.54) is 6.07 Å². The van der Waals surface area contributed by atoms with Crippen molar-refractivity contribution < 1.29 is 9.90 Å². The van der Waals surface area contributed by atoms with Gasteiger partial charge in [-0.2, -0.15) is 0 Å². The Morgan fingerprint density at radius 3 is 2.59 bits per heavy atom. The number of halogens is 3. The Kier molecular flexibility index (Phi) is 4.89. The Morgan fingerprint density at radius 1 is 1.47 bits per heavy atom. The van der Waals surface area contributed by atoms with Gasteiger partial charge in [0.25, 0.3) is 0 Å². The average Bonchev–Trinajstić information content (AvgIpc) is 2.20. The van der Waals surface area contributed by atoms with E-state index in [0.717, 1.165) is 0 Å². The summed E-state index contributed by atoms with van der Waals surface area (Å²) >= 11 is 17.3. The fourth-order valence-corrected chi connectivity index (χ4v) is 1.84. The molecule has 1 unspecified atom stereocenters. The topological polar surface area (TPSA) is 75.4 Å². The smallest absolute Gasteiger partial charge is 0.226 e. The highest BCUT2D eigenvalue weighted by molar-refractivity contribution is 6.46. The van der Waals surface area contributed by atoms with E-state index in [1.54, 1.807) is 6.92 Å². The maximum atomic E-state index is 11.5. The molecule has 0 fully saturated rings. The predicted molar refractivity (Wildman–Crippen MR) is 70.0 cm³/mol. The summed E-state index contributed by atoms with van der Waals surface area (Å²) in [6.45, 7) is 1.69. The van der Waals surface area contributed by atoms with Crippen LogP contribution >= 0.6 is 34.8 Å². The van der Waals surface area contributed by atoms with E-state index >= 15 is 0 Å². The van der Waals surface area contributed by atoms with Gasteiger partial charge in [0, 0.05) is 12.5 Å². The Balaban J connectivity index is 3.02. The van der Waals surface area contributed by atoms with Crippen molar-refractivity contribution in [2.75, 3.05) is 5.32 Å². The minimum absolute atomic E-state index is 0.00480. The molecule has 0 radical (unpaired) electrons. The van der Waals surface area contributed by atoms with E-state index in [9.17, 15) is 9.90 Å². The summed E-state index contributed by atoms with van der Waals surface area (Å²) in [5.41, 5.74) is 5.47. The molecule has 7 heteroatoms. The maximum Gasteiger partial charge on any atom is 0.226 e. The highest BCUT2D eigenvalue weighted by Gasteiger charge is 2.17. The summed E-state index contributed by atoms with van der Waals surface area (Å²) < 4.78 is 0. The zero-order valence-electron chi connectivity index (χ0n) is 8.93.